The number of ether oxygens (including phenoxy) is 1. The summed E-state index contributed by atoms with van der Waals surface area (Å²) in [6.07, 6.45) is -1.73. The number of nitrogens with zero attached hydrogens (tertiary/aromatic N) is 3. The Morgan fingerprint density at radius 1 is 1.00 bits per heavy atom. The molecule has 170 valence electrons. The summed E-state index contributed by atoms with van der Waals surface area (Å²) in [5, 5.41) is 24.5. The van der Waals surface area contributed by atoms with Gasteiger partial charge in [0.25, 0.3) is 0 Å². The van der Waals surface area contributed by atoms with Gasteiger partial charge in [0.05, 0.1) is 18.1 Å². The maximum Gasteiger partial charge on any atom is 0.490 e. The first-order valence-corrected chi connectivity index (χ1v) is 9.69. The van der Waals surface area contributed by atoms with E-state index in [4.69, 9.17) is 25.2 Å². The molecule has 1 heterocycles. The van der Waals surface area contributed by atoms with E-state index in [1.807, 2.05) is 27.7 Å². The molecule has 1 N–H and O–H groups in total. The van der Waals surface area contributed by atoms with Crippen LogP contribution in [0.2, 0.25) is 0 Å². The Morgan fingerprint density at radius 2 is 1.50 bits per heavy atom. The largest absolute Gasteiger partial charge is 0.490 e. The lowest BCUT2D eigenvalue weighted by molar-refractivity contribution is -0.192. The van der Waals surface area contributed by atoms with Gasteiger partial charge in [-0.2, -0.15) is 23.7 Å². The Bertz CT molecular complexity index is 662. The van der Waals surface area contributed by atoms with Crippen molar-refractivity contribution < 1.29 is 32.6 Å². The number of halogens is 3. The van der Waals surface area contributed by atoms with Crippen LogP contribution < -0.4 is 0 Å². The summed E-state index contributed by atoms with van der Waals surface area (Å²) in [5.74, 6) is -1.54. The molecule has 1 saturated heterocycles. The van der Waals surface area contributed by atoms with E-state index in [9.17, 15) is 18.0 Å². The van der Waals surface area contributed by atoms with Gasteiger partial charge in [0, 0.05) is 19.0 Å². The van der Waals surface area contributed by atoms with Crippen LogP contribution in [0.3, 0.4) is 0 Å². The molecule has 7 nitrogen and oxygen atoms in total. The van der Waals surface area contributed by atoms with Crippen molar-refractivity contribution in [3.63, 3.8) is 0 Å². The number of likely N-dealkylation sites (tertiary alicyclic amines) is 1. The lowest BCUT2D eigenvalue weighted by Gasteiger charge is -2.24. The first kappa shape index (κ1) is 27.5. The highest BCUT2D eigenvalue weighted by Crippen LogP contribution is 2.30. The van der Waals surface area contributed by atoms with E-state index >= 15 is 0 Å². The number of carboxylic acids is 1. The van der Waals surface area contributed by atoms with Gasteiger partial charge in [-0.15, -0.1) is 0 Å². The van der Waals surface area contributed by atoms with Crippen LogP contribution in [0.5, 0.6) is 0 Å². The van der Waals surface area contributed by atoms with Gasteiger partial charge in [0.15, 0.2) is 0 Å². The third kappa shape index (κ3) is 10.3. The Labute approximate surface area is 175 Å². The molecule has 0 aromatic carbocycles. The molecule has 1 amide bonds. The zero-order valence-electron chi connectivity index (χ0n) is 18.0. The van der Waals surface area contributed by atoms with Gasteiger partial charge in [-0.25, -0.2) is 9.59 Å². The molecular weight excluding hydrogens is 403 g/mol. The number of rotatable bonds is 0. The molecule has 0 radical (unpaired) electrons. The summed E-state index contributed by atoms with van der Waals surface area (Å²) in [6.45, 7) is 10.8. The van der Waals surface area contributed by atoms with Gasteiger partial charge in [-0.05, 0) is 45.4 Å². The third-order valence-electron chi connectivity index (χ3n) is 4.70. The van der Waals surface area contributed by atoms with Crippen LogP contribution in [0.1, 0.15) is 53.9 Å². The number of carbonyl (C=O) groups is 2. The van der Waals surface area contributed by atoms with Crippen LogP contribution in [-0.2, 0) is 9.53 Å². The van der Waals surface area contributed by atoms with Gasteiger partial charge in [-0.3, -0.25) is 0 Å². The molecule has 0 aromatic heterocycles. The number of nitriles is 2. The zero-order valence-corrected chi connectivity index (χ0v) is 18.0. The van der Waals surface area contributed by atoms with Gasteiger partial charge in [-0.1, -0.05) is 20.3 Å². The van der Waals surface area contributed by atoms with Gasteiger partial charge in [0.2, 0.25) is 0 Å². The number of alkyl halides is 3. The topological polar surface area (TPSA) is 114 Å². The second-order valence-electron chi connectivity index (χ2n) is 8.54. The van der Waals surface area contributed by atoms with Crippen molar-refractivity contribution in [2.24, 2.45) is 23.7 Å². The fourth-order valence-corrected chi connectivity index (χ4v) is 2.95. The standard InChI is InChI=1S/C11H18N2O2.C7H11N.C2HF3O2/c1-8-6-13(7-9(8)5-12)10(14)15-11(2,3)4;1-6-3-2-4-7(6)5-8;3-2(4,5)1(6)7/h8-9H,6-7H2,1-4H3;6-7H,2-4H2,1H3;(H,6,7)/t8-,9+;6-,7+;/m01./s1. The number of amides is 1. The quantitative estimate of drug-likeness (QED) is 0.597. The Kier molecular flexibility index (Phi) is 10.7. The minimum absolute atomic E-state index is 0.0579. The van der Waals surface area contributed by atoms with Crippen LogP contribution in [0.25, 0.3) is 0 Å². The maximum absolute atomic E-state index is 11.7. The van der Waals surface area contributed by atoms with Crippen LogP contribution in [-0.4, -0.2) is 46.9 Å². The van der Waals surface area contributed by atoms with Gasteiger partial charge in [0.1, 0.15) is 5.60 Å². The minimum Gasteiger partial charge on any atom is -0.475 e. The van der Waals surface area contributed by atoms with Crippen LogP contribution in [0, 0.1) is 46.3 Å². The smallest absolute Gasteiger partial charge is 0.475 e. The van der Waals surface area contributed by atoms with E-state index in [-0.39, 0.29) is 17.9 Å². The van der Waals surface area contributed by atoms with Gasteiger partial charge >= 0.3 is 18.2 Å². The normalized spacial score (nSPS) is 25.6. The summed E-state index contributed by atoms with van der Waals surface area (Å²) < 4.78 is 37.0. The lowest BCUT2D eigenvalue weighted by atomic mass is 10.0. The number of carboxylic acid groups (broad SMARTS) is 1. The van der Waals surface area contributed by atoms with E-state index in [0.29, 0.717) is 24.9 Å². The van der Waals surface area contributed by atoms with Crippen LogP contribution in [0.15, 0.2) is 0 Å². The number of carbonyl (C=O) groups excluding carboxylic acids is 1. The minimum atomic E-state index is -5.08. The first-order valence-electron chi connectivity index (χ1n) is 9.69. The molecule has 1 saturated carbocycles. The summed E-state index contributed by atoms with van der Waals surface area (Å²) in [6, 6.07) is 4.53. The molecule has 0 unspecified atom stereocenters. The van der Waals surface area contributed by atoms with Crippen molar-refractivity contribution >= 4 is 12.1 Å². The van der Waals surface area contributed by atoms with E-state index in [1.165, 1.54) is 12.8 Å². The summed E-state index contributed by atoms with van der Waals surface area (Å²) in [4.78, 5) is 22.2. The van der Waals surface area contributed by atoms with Crippen molar-refractivity contribution in [3.8, 4) is 12.1 Å². The zero-order chi connectivity index (χ0) is 23.7. The van der Waals surface area contributed by atoms with Crippen molar-refractivity contribution in [2.45, 2.75) is 65.7 Å². The predicted molar refractivity (Wildman–Crippen MR) is 102 cm³/mol. The molecule has 2 rings (SSSR count). The highest BCUT2D eigenvalue weighted by molar-refractivity contribution is 5.73. The number of aliphatic carboxylic acids is 1. The molecular formula is C20H30F3N3O4. The SMILES string of the molecule is C[C@@H]1CCC[C@H]1C#N.C[C@H]1CN(C(=O)OC(C)(C)C)C[C@H]1C#N.O=C(O)C(F)(F)F. The van der Waals surface area contributed by atoms with Crippen LogP contribution in [0.4, 0.5) is 18.0 Å². The number of hydrogen-bond donors (Lipinski definition) is 1. The Morgan fingerprint density at radius 3 is 1.77 bits per heavy atom. The summed E-state index contributed by atoms with van der Waals surface area (Å²) >= 11 is 0. The monoisotopic (exact) mass is 433 g/mol. The lowest BCUT2D eigenvalue weighted by Crippen LogP contribution is -2.35. The second kappa shape index (κ2) is 11.6. The molecule has 1 aliphatic heterocycles. The highest BCUT2D eigenvalue weighted by atomic mass is 19.4. The molecule has 10 heteroatoms. The van der Waals surface area contributed by atoms with E-state index in [2.05, 4.69) is 19.1 Å². The van der Waals surface area contributed by atoms with E-state index in [1.54, 1.807) is 4.90 Å². The Balaban J connectivity index is 0.000000471. The molecule has 30 heavy (non-hydrogen) atoms. The number of hydrogen-bond acceptors (Lipinski definition) is 5. The summed E-state index contributed by atoms with van der Waals surface area (Å²) in [7, 11) is 0. The fourth-order valence-electron chi connectivity index (χ4n) is 2.95. The van der Waals surface area contributed by atoms with Crippen molar-refractivity contribution in [3.05, 3.63) is 0 Å². The second-order valence-corrected chi connectivity index (χ2v) is 8.54. The highest BCUT2D eigenvalue weighted by Gasteiger charge is 2.38. The molecule has 4 atom stereocenters. The summed E-state index contributed by atoms with van der Waals surface area (Å²) in [5.41, 5.74) is -0.467. The maximum atomic E-state index is 11.7. The molecule has 2 fully saturated rings. The molecule has 0 spiro atoms. The molecule has 0 bridgehead atoms. The average molecular weight is 433 g/mol. The van der Waals surface area contributed by atoms with Crippen molar-refractivity contribution in [2.75, 3.05) is 13.1 Å². The Hall–Kier alpha value is -2.49. The molecule has 0 aromatic rings. The van der Waals surface area contributed by atoms with Crippen molar-refractivity contribution in [1.82, 2.24) is 4.90 Å². The average Bonchev–Trinajstić information content (AvgIpc) is 3.18. The molecule has 2 aliphatic rings. The van der Waals surface area contributed by atoms with E-state index < -0.39 is 17.7 Å². The van der Waals surface area contributed by atoms with E-state index in [0.717, 1.165) is 6.42 Å². The predicted octanol–water partition coefficient (Wildman–Crippen LogP) is 4.59. The molecule has 1 aliphatic carbocycles. The van der Waals surface area contributed by atoms with Crippen LogP contribution >= 0.6 is 0 Å². The third-order valence-corrected chi connectivity index (χ3v) is 4.70. The van der Waals surface area contributed by atoms with Crippen molar-refractivity contribution in [1.29, 1.82) is 10.5 Å². The first-order chi connectivity index (χ1) is 13.6. The fraction of sp³-hybridized carbons (Fsp3) is 0.800. The van der Waals surface area contributed by atoms with Gasteiger partial charge < -0.3 is 14.7 Å².